The smallest absolute Gasteiger partial charge is 0.318 e. The highest BCUT2D eigenvalue weighted by atomic mass is 16.5. The summed E-state index contributed by atoms with van der Waals surface area (Å²) in [6.45, 7) is 7.81. The lowest BCUT2D eigenvalue weighted by Gasteiger charge is -2.40. The quantitative estimate of drug-likeness (QED) is 0.538. The average molecular weight is 532 g/mol. The first-order valence-corrected chi connectivity index (χ1v) is 13.9. The lowest BCUT2D eigenvalue weighted by molar-refractivity contribution is -0.136. The fourth-order valence-corrected chi connectivity index (χ4v) is 6.66. The van der Waals surface area contributed by atoms with Crippen molar-refractivity contribution in [2.45, 2.75) is 56.9 Å². The van der Waals surface area contributed by atoms with Crippen LogP contribution < -0.4 is 15.4 Å². The van der Waals surface area contributed by atoms with Crippen LogP contribution in [0.4, 0.5) is 5.82 Å². The number of nitrogens with two attached hydrogens (primary N) is 1. The second-order valence-corrected chi connectivity index (χ2v) is 11.1. The number of rotatable bonds is 7. The molecule has 2 saturated heterocycles. The zero-order valence-corrected chi connectivity index (χ0v) is 22.6. The molecule has 0 bridgehead atoms. The Labute approximate surface area is 229 Å². The molecule has 2 N–H and O–H groups in total. The standard InChI is InChI=1S/C29H37N7O3/c1-3-26(37)36-14-13-34(17-25(36)27(30)38)28-22-15-35(24-11-10-19-7-4-5-9-21(19)24)16-23(22)31-29(32-28)39-18-20-8-6-12-33(20)2/h3-5,7,9,20,24-25H,1,6,8,10-18H2,2H3,(H2,30,38)/t20?,24?,25-/m1/s1. The molecule has 3 aliphatic heterocycles. The Morgan fingerprint density at radius 1 is 1.15 bits per heavy atom. The van der Waals surface area contributed by atoms with Crippen LogP contribution in [0.2, 0.25) is 0 Å². The van der Waals surface area contributed by atoms with E-state index in [4.69, 9.17) is 20.4 Å². The van der Waals surface area contributed by atoms with Crippen LogP contribution in [0.15, 0.2) is 36.9 Å². The van der Waals surface area contributed by atoms with Crippen molar-refractivity contribution in [2.24, 2.45) is 5.73 Å². The number of aromatic nitrogens is 2. The van der Waals surface area contributed by atoms with Gasteiger partial charge in [-0.2, -0.15) is 9.97 Å². The van der Waals surface area contributed by atoms with E-state index < -0.39 is 11.9 Å². The molecule has 0 spiro atoms. The summed E-state index contributed by atoms with van der Waals surface area (Å²) in [5, 5.41) is 0. The summed E-state index contributed by atoms with van der Waals surface area (Å²) in [6, 6.07) is 8.99. The van der Waals surface area contributed by atoms with Gasteiger partial charge in [0.15, 0.2) is 0 Å². The Hall–Kier alpha value is -3.50. The highest BCUT2D eigenvalue weighted by Crippen LogP contribution is 2.42. The number of likely N-dealkylation sites (N-methyl/N-ethyl adjacent to an activating group) is 1. The minimum atomic E-state index is -0.759. The van der Waals surface area contributed by atoms with Crippen molar-refractivity contribution < 1.29 is 14.3 Å². The SMILES string of the molecule is C=CC(=O)N1CCN(c2nc(OCC3CCCN3C)nc3c2CN(C2CCc4ccccc42)C3)C[C@@H]1C(N)=O. The lowest BCUT2D eigenvalue weighted by atomic mass is 10.1. The van der Waals surface area contributed by atoms with E-state index in [1.165, 1.54) is 28.5 Å². The summed E-state index contributed by atoms with van der Waals surface area (Å²) in [6.07, 6.45) is 5.66. The third-order valence-electron chi connectivity index (χ3n) is 8.85. The van der Waals surface area contributed by atoms with Gasteiger partial charge in [-0.05, 0) is 56.5 Å². The average Bonchev–Trinajstić information content (AvgIpc) is 3.68. The molecule has 1 aromatic heterocycles. The van der Waals surface area contributed by atoms with Crippen molar-refractivity contribution in [2.75, 3.05) is 44.7 Å². The van der Waals surface area contributed by atoms with Gasteiger partial charge >= 0.3 is 6.01 Å². The van der Waals surface area contributed by atoms with Gasteiger partial charge in [0.2, 0.25) is 11.8 Å². The number of ether oxygens (including phenoxy) is 1. The number of primary amides is 1. The number of likely N-dealkylation sites (tertiary alicyclic amines) is 1. The van der Waals surface area contributed by atoms with Crippen molar-refractivity contribution >= 4 is 17.6 Å². The first-order chi connectivity index (χ1) is 18.9. The van der Waals surface area contributed by atoms with E-state index in [-0.39, 0.29) is 12.5 Å². The number of nitrogens with zero attached hydrogens (tertiary/aromatic N) is 6. The molecule has 2 amide bonds. The molecule has 1 aliphatic carbocycles. The maximum atomic E-state index is 12.4. The Morgan fingerprint density at radius 3 is 2.77 bits per heavy atom. The third kappa shape index (κ3) is 4.87. The Kier molecular flexibility index (Phi) is 6.99. The summed E-state index contributed by atoms with van der Waals surface area (Å²) < 4.78 is 6.21. The number of carbonyl (C=O) groups is 2. The van der Waals surface area contributed by atoms with E-state index >= 15 is 0 Å². The molecule has 6 rings (SSSR count). The molecule has 39 heavy (non-hydrogen) atoms. The van der Waals surface area contributed by atoms with E-state index in [1.54, 1.807) is 0 Å². The summed E-state index contributed by atoms with van der Waals surface area (Å²) in [7, 11) is 2.13. The van der Waals surface area contributed by atoms with Crippen LogP contribution in [0.3, 0.4) is 0 Å². The fourth-order valence-electron chi connectivity index (χ4n) is 6.66. The van der Waals surface area contributed by atoms with Crippen LogP contribution >= 0.6 is 0 Å². The molecule has 2 unspecified atom stereocenters. The second-order valence-electron chi connectivity index (χ2n) is 11.1. The second kappa shape index (κ2) is 10.6. The first-order valence-electron chi connectivity index (χ1n) is 13.9. The summed E-state index contributed by atoms with van der Waals surface area (Å²) in [5.41, 5.74) is 10.6. The number of aryl methyl sites for hydroxylation is 1. The highest BCUT2D eigenvalue weighted by molar-refractivity contribution is 5.92. The van der Waals surface area contributed by atoms with Crippen LogP contribution in [-0.4, -0.2) is 88.4 Å². The summed E-state index contributed by atoms with van der Waals surface area (Å²) >= 11 is 0. The number of hydrogen-bond acceptors (Lipinski definition) is 8. The van der Waals surface area contributed by atoms with E-state index in [9.17, 15) is 9.59 Å². The number of anilines is 1. The van der Waals surface area contributed by atoms with E-state index in [2.05, 4.69) is 52.6 Å². The molecule has 4 aliphatic rings. The molecule has 3 atom stereocenters. The van der Waals surface area contributed by atoms with Crippen molar-refractivity contribution in [3.05, 3.63) is 59.3 Å². The van der Waals surface area contributed by atoms with Gasteiger partial charge in [0.05, 0.1) is 5.69 Å². The normalized spacial score (nSPS) is 25.0. The lowest BCUT2D eigenvalue weighted by Crippen LogP contribution is -2.60. The third-order valence-corrected chi connectivity index (χ3v) is 8.85. The predicted octanol–water partition coefficient (Wildman–Crippen LogP) is 1.64. The van der Waals surface area contributed by atoms with Gasteiger partial charge in [0.25, 0.3) is 0 Å². The number of amides is 2. The van der Waals surface area contributed by atoms with Crippen LogP contribution in [0.25, 0.3) is 0 Å². The van der Waals surface area contributed by atoms with Gasteiger partial charge < -0.3 is 25.2 Å². The van der Waals surface area contributed by atoms with Gasteiger partial charge in [0, 0.05) is 50.4 Å². The summed E-state index contributed by atoms with van der Waals surface area (Å²) in [5.74, 6) is -0.0480. The van der Waals surface area contributed by atoms with Crippen LogP contribution in [0.1, 0.15) is 47.7 Å². The first kappa shape index (κ1) is 25.8. The minimum Gasteiger partial charge on any atom is -0.462 e. The number of benzene rings is 1. The number of piperazine rings is 1. The zero-order valence-electron chi connectivity index (χ0n) is 22.6. The van der Waals surface area contributed by atoms with E-state index in [1.807, 2.05) is 0 Å². The molecular formula is C29H37N7O3. The maximum absolute atomic E-state index is 12.4. The topological polar surface area (TPSA) is 108 Å². The van der Waals surface area contributed by atoms with Gasteiger partial charge in [-0.25, -0.2) is 0 Å². The highest BCUT2D eigenvalue weighted by Gasteiger charge is 2.39. The van der Waals surface area contributed by atoms with Crippen molar-refractivity contribution in [3.63, 3.8) is 0 Å². The molecule has 4 heterocycles. The van der Waals surface area contributed by atoms with Crippen LogP contribution in [0, 0.1) is 0 Å². The van der Waals surface area contributed by atoms with Gasteiger partial charge in [-0.15, -0.1) is 0 Å². The fraction of sp³-hybridized carbons (Fsp3) is 0.517. The number of hydrogen-bond donors (Lipinski definition) is 1. The van der Waals surface area contributed by atoms with Crippen LogP contribution in [0.5, 0.6) is 6.01 Å². The molecule has 10 heteroatoms. The minimum absolute atomic E-state index is 0.273. The predicted molar refractivity (Wildman–Crippen MR) is 147 cm³/mol. The van der Waals surface area contributed by atoms with E-state index in [0.29, 0.717) is 37.8 Å². The van der Waals surface area contributed by atoms with Crippen LogP contribution in [-0.2, 0) is 29.1 Å². The molecule has 206 valence electrons. The maximum Gasteiger partial charge on any atom is 0.318 e. The molecule has 10 nitrogen and oxygen atoms in total. The Balaban J connectivity index is 1.30. The van der Waals surface area contributed by atoms with Gasteiger partial charge in [-0.1, -0.05) is 30.8 Å². The van der Waals surface area contributed by atoms with Crippen molar-refractivity contribution in [1.82, 2.24) is 24.7 Å². The number of carbonyl (C=O) groups excluding carboxylic acids is 2. The van der Waals surface area contributed by atoms with E-state index in [0.717, 1.165) is 56.0 Å². The molecule has 1 aromatic carbocycles. The monoisotopic (exact) mass is 531 g/mol. The summed E-state index contributed by atoms with van der Waals surface area (Å²) in [4.78, 5) is 43.0. The zero-order chi connectivity index (χ0) is 27.1. The molecular weight excluding hydrogens is 494 g/mol. The Morgan fingerprint density at radius 2 is 2.00 bits per heavy atom. The molecule has 0 radical (unpaired) electrons. The Bertz CT molecular complexity index is 1280. The molecule has 2 aromatic rings. The largest absolute Gasteiger partial charge is 0.462 e. The molecule has 0 saturated carbocycles. The number of fused-ring (bicyclic) bond motifs is 2. The molecule has 2 fully saturated rings. The van der Waals surface area contributed by atoms with Crippen molar-refractivity contribution in [1.29, 1.82) is 0 Å². The van der Waals surface area contributed by atoms with Gasteiger partial charge in [0.1, 0.15) is 18.5 Å². The van der Waals surface area contributed by atoms with Crippen molar-refractivity contribution in [3.8, 4) is 6.01 Å². The van der Waals surface area contributed by atoms with Gasteiger partial charge in [-0.3, -0.25) is 14.5 Å².